The highest BCUT2D eigenvalue weighted by Gasteiger charge is 2.08. The maximum absolute atomic E-state index is 10.6. The van der Waals surface area contributed by atoms with Gasteiger partial charge in [0.15, 0.2) is 0 Å². The number of hydrogen-bond donors (Lipinski definition) is 0. The van der Waals surface area contributed by atoms with Gasteiger partial charge in [0.2, 0.25) is 0 Å². The summed E-state index contributed by atoms with van der Waals surface area (Å²) in [6.45, 7) is 2.78. The monoisotopic (exact) mass is 234 g/mol. The molecule has 0 saturated carbocycles. The van der Waals surface area contributed by atoms with Crippen LogP contribution in [0.1, 0.15) is 44.6 Å². The van der Waals surface area contributed by atoms with Crippen molar-refractivity contribution in [3.63, 3.8) is 0 Å². The van der Waals surface area contributed by atoms with Crippen LogP contribution in [0.15, 0.2) is 30.3 Å². The fourth-order valence-electron chi connectivity index (χ4n) is 1.79. The molecule has 0 aliphatic rings. The Labute approximate surface area is 104 Å². The van der Waals surface area contributed by atoms with Crippen molar-refractivity contribution in [2.24, 2.45) is 0 Å². The van der Waals surface area contributed by atoms with E-state index in [0.29, 0.717) is 13.0 Å². The van der Waals surface area contributed by atoms with Crippen LogP contribution in [-0.2, 0) is 16.1 Å². The number of hydrogen-bond acceptors (Lipinski definition) is 2. The molecule has 2 nitrogen and oxygen atoms in total. The zero-order valence-electron chi connectivity index (χ0n) is 10.6. The van der Waals surface area contributed by atoms with Crippen LogP contribution in [0.4, 0.5) is 0 Å². The molecule has 0 aromatic heterocycles. The minimum absolute atomic E-state index is 0.0826. The molecule has 2 heteroatoms. The van der Waals surface area contributed by atoms with E-state index >= 15 is 0 Å². The lowest BCUT2D eigenvalue weighted by Crippen LogP contribution is -2.13. The van der Waals surface area contributed by atoms with E-state index in [0.717, 1.165) is 19.1 Å². The fraction of sp³-hybridized carbons (Fsp3) is 0.533. The normalized spacial score (nSPS) is 12.3. The fourth-order valence-corrected chi connectivity index (χ4v) is 1.79. The van der Waals surface area contributed by atoms with Crippen molar-refractivity contribution in [2.75, 3.05) is 0 Å². The van der Waals surface area contributed by atoms with Gasteiger partial charge in [0.25, 0.3) is 0 Å². The highest BCUT2D eigenvalue weighted by molar-refractivity contribution is 5.50. The van der Waals surface area contributed by atoms with Crippen molar-refractivity contribution >= 4 is 6.29 Å². The van der Waals surface area contributed by atoms with Crippen molar-refractivity contribution in [2.45, 2.75) is 51.7 Å². The standard InChI is InChI=1S/C15H22O2/c1-2-3-5-10-15(11-12-16)17-13-14-8-6-4-7-9-14/h4,6-9,12,15H,2-3,5,10-11,13H2,1H3/t15-/m0/s1. The van der Waals surface area contributed by atoms with Gasteiger partial charge in [-0.3, -0.25) is 0 Å². The lowest BCUT2D eigenvalue weighted by molar-refractivity contribution is -0.110. The van der Waals surface area contributed by atoms with Gasteiger partial charge in [-0.25, -0.2) is 0 Å². The summed E-state index contributed by atoms with van der Waals surface area (Å²) in [6, 6.07) is 10.1. The zero-order valence-corrected chi connectivity index (χ0v) is 10.6. The largest absolute Gasteiger partial charge is 0.373 e. The van der Waals surface area contributed by atoms with Crippen LogP contribution in [0.3, 0.4) is 0 Å². The number of rotatable bonds is 9. The van der Waals surface area contributed by atoms with E-state index in [9.17, 15) is 4.79 Å². The van der Waals surface area contributed by atoms with Crippen molar-refractivity contribution in [1.29, 1.82) is 0 Å². The SMILES string of the molecule is CCCCC[C@@H](CC=O)OCc1ccccc1. The highest BCUT2D eigenvalue weighted by atomic mass is 16.5. The van der Waals surface area contributed by atoms with Gasteiger partial charge in [-0.15, -0.1) is 0 Å². The Kier molecular flexibility index (Phi) is 7.32. The second kappa shape index (κ2) is 8.94. The molecule has 1 aromatic rings. The van der Waals surface area contributed by atoms with Crippen LogP contribution in [0, 0.1) is 0 Å². The molecule has 0 fully saturated rings. The predicted molar refractivity (Wildman–Crippen MR) is 69.8 cm³/mol. The summed E-state index contributed by atoms with van der Waals surface area (Å²) in [6.07, 6.45) is 6.09. The Balaban J connectivity index is 2.30. The van der Waals surface area contributed by atoms with Crippen LogP contribution in [-0.4, -0.2) is 12.4 Å². The molecule has 1 rings (SSSR count). The van der Waals surface area contributed by atoms with Crippen molar-refractivity contribution in [3.8, 4) is 0 Å². The third kappa shape index (κ3) is 6.22. The average molecular weight is 234 g/mol. The van der Waals surface area contributed by atoms with E-state index in [-0.39, 0.29) is 6.10 Å². The Morgan fingerprint density at radius 1 is 1.24 bits per heavy atom. The number of unbranched alkanes of at least 4 members (excludes halogenated alkanes) is 2. The van der Waals surface area contributed by atoms with E-state index in [4.69, 9.17) is 4.74 Å². The molecule has 0 aliphatic heterocycles. The van der Waals surface area contributed by atoms with E-state index in [1.54, 1.807) is 0 Å². The number of carbonyl (C=O) groups excluding carboxylic acids is 1. The van der Waals surface area contributed by atoms with Crippen LogP contribution in [0.5, 0.6) is 0 Å². The predicted octanol–water partition coefficient (Wildman–Crippen LogP) is 3.74. The average Bonchev–Trinajstić information content (AvgIpc) is 2.37. The first-order chi connectivity index (χ1) is 8.36. The van der Waals surface area contributed by atoms with Gasteiger partial charge in [0.1, 0.15) is 6.29 Å². The molecule has 0 amide bonds. The van der Waals surface area contributed by atoms with E-state index in [2.05, 4.69) is 6.92 Å². The molecule has 0 heterocycles. The van der Waals surface area contributed by atoms with Gasteiger partial charge in [0, 0.05) is 6.42 Å². The smallest absolute Gasteiger partial charge is 0.122 e. The van der Waals surface area contributed by atoms with Gasteiger partial charge >= 0.3 is 0 Å². The Morgan fingerprint density at radius 2 is 2.00 bits per heavy atom. The van der Waals surface area contributed by atoms with Crippen LogP contribution in [0.2, 0.25) is 0 Å². The van der Waals surface area contributed by atoms with Crippen molar-refractivity contribution in [1.82, 2.24) is 0 Å². The Hall–Kier alpha value is -1.15. The van der Waals surface area contributed by atoms with Crippen LogP contribution in [0.25, 0.3) is 0 Å². The molecule has 0 radical (unpaired) electrons. The Bertz CT molecular complexity index is 295. The number of carbonyl (C=O) groups is 1. The molecule has 17 heavy (non-hydrogen) atoms. The molecule has 0 spiro atoms. The van der Waals surface area contributed by atoms with Crippen LogP contribution >= 0.6 is 0 Å². The molecule has 0 bridgehead atoms. The molecule has 0 saturated heterocycles. The maximum atomic E-state index is 10.6. The van der Waals surface area contributed by atoms with Gasteiger partial charge in [-0.05, 0) is 12.0 Å². The van der Waals surface area contributed by atoms with Gasteiger partial charge in [-0.1, -0.05) is 56.5 Å². The molecule has 0 unspecified atom stereocenters. The number of benzene rings is 1. The van der Waals surface area contributed by atoms with Gasteiger partial charge in [0.05, 0.1) is 12.7 Å². The molecular formula is C15H22O2. The Morgan fingerprint density at radius 3 is 2.65 bits per heavy atom. The van der Waals surface area contributed by atoms with E-state index < -0.39 is 0 Å². The van der Waals surface area contributed by atoms with Gasteiger partial charge < -0.3 is 9.53 Å². The maximum Gasteiger partial charge on any atom is 0.122 e. The summed E-state index contributed by atoms with van der Waals surface area (Å²) in [4.78, 5) is 10.6. The molecular weight excluding hydrogens is 212 g/mol. The highest BCUT2D eigenvalue weighted by Crippen LogP contribution is 2.12. The minimum Gasteiger partial charge on any atom is -0.373 e. The second-order valence-corrected chi connectivity index (χ2v) is 4.32. The number of ether oxygens (including phenoxy) is 1. The summed E-state index contributed by atoms with van der Waals surface area (Å²) in [5.41, 5.74) is 1.17. The van der Waals surface area contributed by atoms with Crippen molar-refractivity contribution < 1.29 is 9.53 Å². The second-order valence-electron chi connectivity index (χ2n) is 4.32. The first-order valence-electron chi connectivity index (χ1n) is 6.46. The topological polar surface area (TPSA) is 26.3 Å². The lowest BCUT2D eigenvalue weighted by atomic mass is 10.1. The van der Waals surface area contributed by atoms with E-state index in [1.165, 1.54) is 18.4 Å². The molecule has 94 valence electrons. The lowest BCUT2D eigenvalue weighted by Gasteiger charge is -2.15. The summed E-state index contributed by atoms with van der Waals surface area (Å²) in [5, 5.41) is 0. The van der Waals surface area contributed by atoms with Crippen molar-refractivity contribution in [3.05, 3.63) is 35.9 Å². The molecule has 1 aromatic carbocycles. The minimum atomic E-state index is 0.0826. The summed E-state index contributed by atoms with van der Waals surface area (Å²) < 4.78 is 5.78. The number of aldehydes is 1. The van der Waals surface area contributed by atoms with E-state index in [1.807, 2.05) is 30.3 Å². The van der Waals surface area contributed by atoms with Gasteiger partial charge in [-0.2, -0.15) is 0 Å². The first-order valence-corrected chi connectivity index (χ1v) is 6.46. The summed E-state index contributed by atoms with van der Waals surface area (Å²) >= 11 is 0. The quantitative estimate of drug-likeness (QED) is 0.480. The summed E-state index contributed by atoms with van der Waals surface area (Å²) in [7, 11) is 0. The zero-order chi connectivity index (χ0) is 12.3. The molecule has 1 atom stereocenters. The third-order valence-corrected chi connectivity index (χ3v) is 2.82. The molecule has 0 N–H and O–H groups in total. The first kappa shape index (κ1) is 13.9. The molecule has 0 aliphatic carbocycles. The van der Waals surface area contributed by atoms with Crippen LogP contribution < -0.4 is 0 Å². The summed E-state index contributed by atoms with van der Waals surface area (Å²) in [5.74, 6) is 0. The third-order valence-electron chi connectivity index (χ3n) is 2.82.